The summed E-state index contributed by atoms with van der Waals surface area (Å²) >= 11 is 0. The zero-order valence-electron chi connectivity index (χ0n) is 17.4. The van der Waals surface area contributed by atoms with Crippen LogP contribution in [0, 0.1) is 0 Å². The number of hydrogen-bond acceptors (Lipinski definition) is 4. The first-order valence-electron chi connectivity index (χ1n) is 10.8. The molecule has 3 N–H and O–H groups in total. The van der Waals surface area contributed by atoms with Gasteiger partial charge in [0.05, 0.1) is 5.69 Å². The number of carboxylic acid groups (broad SMARTS) is 1. The summed E-state index contributed by atoms with van der Waals surface area (Å²) in [5.41, 5.74) is 6.41. The average molecular weight is 447 g/mol. The van der Waals surface area contributed by atoms with Crippen molar-refractivity contribution in [3.05, 3.63) is 35.8 Å². The molecule has 2 fully saturated rings. The molecule has 10 heteroatoms. The van der Waals surface area contributed by atoms with E-state index < -0.39 is 12.1 Å². The van der Waals surface area contributed by atoms with Crippen LogP contribution in [0.5, 0.6) is 0 Å². The summed E-state index contributed by atoms with van der Waals surface area (Å²) in [5, 5.41) is 16.9. The molecule has 0 bridgehead atoms. The highest BCUT2D eigenvalue weighted by molar-refractivity contribution is 5.84. The number of nitrogens with zero attached hydrogens (tertiary/aromatic N) is 3. The molecule has 2 aliphatic heterocycles. The van der Waals surface area contributed by atoms with Gasteiger partial charge in [-0.2, -0.15) is 18.3 Å². The maximum Gasteiger partial charge on any atom is 0.490 e. The lowest BCUT2D eigenvalue weighted by Crippen LogP contribution is -2.25. The second kappa shape index (κ2) is 7.61. The molecule has 1 aliphatic carbocycles. The van der Waals surface area contributed by atoms with Gasteiger partial charge < -0.3 is 15.4 Å². The number of carboxylic acids is 1. The van der Waals surface area contributed by atoms with Gasteiger partial charge in [-0.15, -0.1) is 0 Å². The lowest BCUT2D eigenvalue weighted by atomic mass is 9.80. The van der Waals surface area contributed by atoms with E-state index in [0.29, 0.717) is 11.3 Å². The molecule has 6 rings (SSSR count). The minimum atomic E-state index is -5.08. The first kappa shape index (κ1) is 21.0. The normalized spacial score (nSPS) is 22.6. The Labute approximate surface area is 182 Å². The summed E-state index contributed by atoms with van der Waals surface area (Å²) in [7, 11) is 0. The minimum absolute atomic E-state index is 0.313. The molecule has 1 unspecified atom stereocenters. The summed E-state index contributed by atoms with van der Waals surface area (Å²) in [6.07, 6.45) is 5.49. The molecule has 0 aromatic carbocycles. The SMILES string of the molecule is O=C(O)C(F)(F)F.c1nc2[nH]cc(C3CCC3)c2cc1-c1cc2n(n1)CCC21CCNC1. The van der Waals surface area contributed by atoms with E-state index in [4.69, 9.17) is 15.0 Å². The summed E-state index contributed by atoms with van der Waals surface area (Å²) in [6, 6.07) is 4.61. The van der Waals surface area contributed by atoms with Crippen molar-refractivity contribution in [2.45, 2.75) is 56.2 Å². The molecular formula is C22H24F3N5O2. The molecule has 1 atom stereocenters. The number of pyridine rings is 1. The predicted octanol–water partition coefficient (Wildman–Crippen LogP) is 3.96. The highest BCUT2D eigenvalue weighted by Crippen LogP contribution is 2.42. The van der Waals surface area contributed by atoms with E-state index in [1.165, 1.54) is 48.7 Å². The first-order chi connectivity index (χ1) is 15.3. The van der Waals surface area contributed by atoms with Crippen LogP contribution in [0.15, 0.2) is 24.5 Å². The number of halogens is 3. The standard InChI is InChI=1S/C20H23N5.C2HF3O2/c1-2-13(3-1)16-11-23-19-15(16)8-14(10-22-19)17-9-18-20(4-6-21-12-20)5-7-25(18)24-17;3-2(4,5)1(6)7/h8-11,13,21H,1-7,12H2,(H,22,23);(H,6,7). The number of aromatic amines is 1. The van der Waals surface area contributed by atoms with Crippen molar-refractivity contribution in [1.82, 2.24) is 25.1 Å². The van der Waals surface area contributed by atoms with Gasteiger partial charge >= 0.3 is 12.1 Å². The van der Waals surface area contributed by atoms with Crippen LogP contribution in [0.4, 0.5) is 13.2 Å². The fraction of sp³-hybridized carbons (Fsp3) is 0.500. The maximum absolute atomic E-state index is 10.6. The summed E-state index contributed by atoms with van der Waals surface area (Å²) in [5.74, 6) is -2.04. The smallest absolute Gasteiger partial charge is 0.475 e. The van der Waals surface area contributed by atoms with E-state index in [2.05, 4.69) is 38.3 Å². The summed E-state index contributed by atoms with van der Waals surface area (Å²) in [4.78, 5) is 16.9. The number of alkyl halides is 3. The van der Waals surface area contributed by atoms with Crippen LogP contribution < -0.4 is 5.32 Å². The highest BCUT2D eigenvalue weighted by atomic mass is 19.4. The van der Waals surface area contributed by atoms with E-state index >= 15 is 0 Å². The molecule has 0 amide bonds. The zero-order valence-corrected chi connectivity index (χ0v) is 17.4. The van der Waals surface area contributed by atoms with Crippen molar-refractivity contribution < 1.29 is 23.1 Å². The van der Waals surface area contributed by atoms with Crippen molar-refractivity contribution >= 4 is 17.0 Å². The number of hydrogen-bond donors (Lipinski definition) is 3. The van der Waals surface area contributed by atoms with E-state index in [-0.39, 0.29) is 0 Å². The molecule has 1 saturated heterocycles. The van der Waals surface area contributed by atoms with Gasteiger partial charge in [-0.3, -0.25) is 4.68 Å². The molecule has 3 aromatic heterocycles. The molecular weight excluding hydrogens is 423 g/mol. The number of H-pyrrole nitrogens is 1. The topological polar surface area (TPSA) is 95.8 Å². The van der Waals surface area contributed by atoms with Gasteiger partial charge in [0.25, 0.3) is 0 Å². The number of aliphatic carboxylic acids is 1. The van der Waals surface area contributed by atoms with E-state index in [1.807, 2.05) is 6.20 Å². The third-order valence-corrected chi connectivity index (χ3v) is 7.02. The largest absolute Gasteiger partial charge is 0.490 e. The van der Waals surface area contributed by atoms with Gasteiger partial charge in [-0.25, -0.2) is 9.78 Å². The molecule has 170 valence electrons. The Morgan fingerprint density at radius 1 is 1.25 bits per heavy atom. The lowest BCUT2D eigenvalue weighted by Gasteiger charge is -2.24. The number of fused-ring (bicyclic) bond motifs is 3. The highest BCUT2D eigenvalue weighted by Gasteiger charge is 2.42. The Morgan fingerprint density at radius 3 is 2.66 bits per heavy atom. The maximum atomic E-state index is 10.6. The zero-order chi connectivity index (χ0) is 22.5. The van der Waals surface area contributed by atoms with Crippen LogP contribution in [0.1, 0.15) is 49.3 Å². The molecule has 7 nitrogen and oxygen atoms in total. The van der Waals surface area contributed by atoms with Crippen molar-refractivity contribution in [3.8, 4) is 11.3 Å². The van der Waals surface area contributed by atoms with Gasteiger partial charge in [0.15, 0.2) is 0 Å². The van der Waals surface area contributed by atoms with Gasteiger partial charge in [0.2, 0.25) is 0 Å². The third kappa shape index (κ3) is 3.56. The number of rotatable bonds is 2. The van der Waals surface area contributed by atoms with Crippen molar-refractivity contribution in [3.63, 3.8) is 0 Å². The average Bonchev–Trinajstić information content (AvgIpc) is 3.47. The quantitative estimate of drug-likeness (QED) is 0.553. The van der Waals surface area contributed by atoms with E-state index in [9.17, 15) is 13.2 Å². The Balaban J connectivity index is 0.000000272. The second-order valence-electron chi connectivity index (χ2n) is 8.89. The first-order valence-corrected chi connectivity index (χ1v) is 10.8. The fourth-order valence-electron chi connectivity index (χ4n) is 5.00. The number of aromatic nitrogens is 4. The van der Waals surface area contributed by atoms with Crippen LogP contribution in [0.3, 0.4) is 0 Å². The molecule has 1 spiro atoms. The van der Waals surface area contributed by atoms with Crippen molar-refractivity contribution in [2.24, 2.45) is 0 Å². The molecule has 32 heavy (non-hydrogen) atoms. The lowest BCUT2D eigenvalue weighted by molar-refractivity contribution is -0.192. The summed E-state index contributed by atoms with van der Waals surface area (Å²) in [6.45, 7) is 3.27. The van der Waals surface area contributed by atoms with Gasteiger partial charge in [0, 0.05) is 47.5 Å². The monoisotopic (exact) mass is 447 g/mol. The van der Waals surface area contributed by atoms with Gasteiger partial charge in [-0.05, 0) is 55.8 Å². The molecule has 0 radical (unpaired) electrons. The minimum Gasteiger partial charge on any atom is -0.475 e. The fourth-order valence-corrected chi connectivity index (χ4v) is 5.00. The van der Waals surface area contributed by atoms with Crippen molar-refractivity contribution in [1.29, 1.82) is 0 Å². The van der Waals surface area contributed by atoms with Crippen LogP contribution in [0.25, 0.3) is 22.3 Å². The number of nitrogens with one attached hydrogen (secondary N) is 2. The predicted molar refractivity (Wildman–Crippen MR) is 111 cm³/mol. The van der Waals surface area contributed by atoms with E-state index in [0.717, 1.165) is 36.5 Å². The third-order valence-electron chi connectivity index (χ3n) is 7.02. The van der Waals surface area contributed by atoms with Crippen LogP contribution in [-0.2, 0) is 16.8 Å². The van der Waals surface area contributed by atoms with Crippen LogP contribution in [0.2, 0.25) is 0 Å². The Morgan fingerprint density at radius 2 is 2.03 bits per heavy atom. The molecule has 5 heterocycles. The van der Waals surface area contributed by atoms with Crippen LogP contribution in [-0.4, -0.2) is 50.1 Å². The molecule has 3 aliphatic rings. The van der Waals surface area contributed by atoms with Gasteiger partial charge in [-0.1, -0.05) is 6.42 Å². The van der Waals surface area contributed by atoms with Gasteiger partial charge in [0.1, 0.15) is 5.65 Å². The Kier molecular flexibility index (Phi) is 4.99. The molecule has 1 saturated carbocycles. The Bertz CT molecular complexity index is 1160. The number of aryl methyl sites for hydroxylation is 1. The number of carbonyl (C=O) groups is 1. The second-order valence-corrected chi connectivity index (χ2v) is 8.89. The molecule has 3 aromatic rings. The summed E-state index contributed by atoms with van der Waals surface area (Å²) < 4.78 is 34.0. The Hall–Kier alpha value is -2.88. The van der Waals surface area contributed by atoms with Crippen LogP contribution >= 0.6 is 0 Å². The van der Waals surface area contributed by atoms with Crippen molar-refractivity contribution in [2.75, 3.05) is 13.1 Å². The van der Waals surface area contributed by atoms with E-state index in [1.54, 1.807) is 0 Å².